The summed E-state index contributed by atoms with van der Waals surface area (Å²) in [6.07, 6.45) is 8.75. The molecule has 0 radical (unpaired) electrons. The van der Waals surface area contributed by atoms with Gasteiger partial charge in [0, 0.05) is 35.6 Å². The van der Waals surface area contributed by atoms with Crippen LogP contribution in [0.25, 0.3) is 0 Å². The molecule has 212 valence electrons. The number of rotatable bonds is 4. The van der Waals surface area contributed by atoms with Crippen LogP contribution in [0.4, 0.5) is 4.79 Å². The lowest BCUT2D eigenvalue weighted by Gasteiger charge is -2.27. The highest BCUT2D eigenvalue weighted by molar-refractivity contribution is 6.23. The second kappa shape index (κ2) is 14.4. The van der Waals surface area contributed by atoms with Crippen LogP contribution in [0.3, 0.4) is 0 Å². The summed E-state index contributed by atoms with van der Waals surface area (Å²) in [5, 5.41) is 16.6. The van der Waals surface area contributed by atoms with E-state index in [0.717, 1.165) is 11.6 Å². The van der Waals surface area contributed by atoms with Gasteiger partial charge in [-0.1, -0.05) is 51.2 Å². The van der Waals surface area contributed by atoms with Gasteiger partial charge in [-0.25, -0.2) is 4.79 Å². The summed E-state index contributed by atoms with van der Waals surface area (Å²) in [5.74, 6) is -2.01. The number of carbonyl (C=O) groups is 4. The zero-order valence-corrected chi connectivity index (χ0v) is 23.5. The van der Waals surface area contributed by atoms with E-state index in [1.807, 2.05) is 33.8 Å². The van der Waals surface area contributed by atoms with Crippen LogP contribution in [0, 0.1) is 17.8 Å². The third-order valence-corrected chi connectivity index (χ3v) is 7.04. The Morgan fingerprint density at radius 1 is 1.23 bits per heavy atom. The average molecular weight is 540 g/mol. The van der Waals surface area contributed by atoms with Gasteiger partial charge in [-0.05, 0) is 44.6 Å². The summed E-state index contributed by atoms with van der Waals surface area (Å²) in [6.45, 7) is 13.0. The van der Waals surface area contributed by atoms with Crippen LogP contribution >= 0.6 is 0 Å². The van der Waals surface area contributed by atoms with Crippen molar-refractivity contribution in [1.82, 2.24) is 10.6 Å². The topological polar surface area (TPSA) is 148 Å². The summed E-state index contributed by atoms with van der Waals surface area (Å²) in [5.41, 5.74) is 6.79. The predicted molar refractivity (Wildman–Crippen MR) is 150 cm³/mol. The van der Waals surface area contributed by atoms with Crippen molar-refractivity contribution in [1.29, 1.82) is 0 Å². The molecule has 0 saturated heterocycles. The molecule has 5 atom stereocenters. The number of nitrogens with one attached hydrogen (secondary N) is 2. The van der Waals surface area contributed by atoms with E-state index in [0.29, 0.717) is 37.0 Å². The van der Waals surface area contributed by atoms with Gasteiger partial charge in [0.15, 0.2) is 0 Å². The number of ketones is 2. The molecule has 1 heterocycles. The maximum Gasteiger partial charge on any atom is 0.405 e. The van der Waals surface area contributed by atoms with Crippen molar-refractivity contribution in [3.8, 4) is 0 Å². The molecule has 5 unspecified atom stereocenters. The van der Waals surface area contributed by atoms with Crippen LogP contribution in [0.15, 0.2) is 71.1 Å². The summed E-state index contributed by atoms with van der Waals surface area (Å²) < 4.78 is 5.38. The molecular weight excluding hydrogens is 498 g/mol. The summed E-state index contributed by atoms with van der Waals surface area (Å²) in [4.78, 5) is 50.7. The monoisotopic (exact) mass is 539 g/mol. The molecule has 0 aromatic carbocycles. The van der Waals surface area contributed by atoms with Crippen LogP contribution in [-0.4, -0.2) is 47.4 Å². The van der Waals surface area contributed by atoms with E-state index >= 15 is 0 Å². The second-order valence-electron chi connectivity index (χ2n) is 10.3. The van der Waals surface area contributed by atoms with Crippen LogP contribution in [0.5, 0.6) is 0 Å². The third-order valence-electron chi connectivity index (χ3n) is 7.04. The zero-order valence-electron chi connectivity index (χ0n) is 23.5. The summed E-state index contributed by atoms with van der Waals surface area (Å²) >= 11 is 0. The molecule has 0 fully saturated rings. The van der Waals surface area contributed by atoms with Gasteiger partial charge in [0.25, 0.3) is 5.91 Å². The van der Waals surface area contributed by atoms with Gasteiger partial charge in [0.2, 0.25) is 11.6 Å². The van der Waals surface area contributed by atoms with Crippen LogP contribution in [0.2, 0.25) is 0 Å². The lowest BCUT2D eigenvalue weighted by molar-refractivity contribution is -0.120. The molecule has 0 aromatic rings. The highest BCUT2D eigenvalue weighted by atomic mass is 16.6. The number of hydrogen-bond donors (Lipinski definition) is 4. The molecule has 1 aliphatic heterocycles. The molecule has 2 bridgehead atoms. The largest absolute Gasteiger partial charge is 0.441 e. The molecule has 1 aliphatic carbocycles. The maximum atomic E-state index is 13.3. The number of hydrogen-bond acceptors (Lipinski definition) is 7. The Kier molecular flexibility index (Phi) is 11.7. The second-order valence-corrected chi connectivity index (χ2v) is 10.3. The molecule has 2 rings (SSSR count). The van der Waals surface area contributed by atoms with E-state index in [4.69, 9.17) is 10.5 Å². The number of aliphatic hydroxyl groups is 1. The van der Waals surface area contributed by atoms with Crippen LogP contribution in [-0.2, 0) is 19.1 Å². The minimum Gasteiger partial charge on any atom is -0.441 e. The van der Waals surface area contributed by atoms with E-state index in [9.17, 15) is 24.3 Å². The normalized spacial score (nSPS) is 27.7. The first kappa shape index (κ1) is 31.5. The van der Waals surface area contributed by atoms with Crippen molar-refractivity contribution in [3.05, 3.63) is 71.1 Å². The maximum absolute atomic E-state index is 13.3. The van der Waals surface area contributed by atoms with Crippen LogP contribution < -0.4 is 16.4 Å². The van der Waals surface area contributed by atoms with Gasteiger partial charge >= 0.3 is 6.09 Å². The lowest BCUT2D eigenvalue weighted by atomic mass is 9.85. The Balaban J connectivity index is 2.49. The van der Waals surface area contributed by atoms with Gasteiger partial charge in [-0.3, -0.25) is 14.4 Å². The van der Waals surface area contributed by atoms with E-state index in [1.165, 1.54) is 0 Å². The average Bonchev–Trinajstić information content (AvgIpc) is 2.87. The SMILES string of the molecule is C=CCNC1=C2CCCC(C)C(O)C(C)C=C(C)C(OC(N)=O)C(C)C=CC=C(C)C(=O)NC(=CC1=O)C2=O. The first-order valence-electron chi connectivity index (χ1n) is 13.2. The van der Waals surface area contributed by atoms with Gasteiger partial charge < -0.3 is 26.2 Å². The lowest BCUT2D eigenvalue weighted by Crippen LogP contribution is -2.35. The number of ether oxygens (including phenoxy) is 1. The van der Waals surface area contributed by atoms with Crippen molar-refractivity contribution >= 4 is 23.6 Å². The highest BCUT2D eigenvalue weighted by Gasteiger charge is 2.30. The Labute approximate surface area is 230 Å². The molecule has 0 spiro atoms. The molecule has 9 nitrogen and oxygen atoms in total. The first-order valence-corrected chi connectivity index (χ1v) is 13.2. The Morgan fingerprint density at radius 2 is 1.92 bits per heavy atom. The first-order chi connectivity index (χ1) is 18.4. The smallest absolute Gasteiger partial charge is 0.405 e. The van der Waals surface area contributed by atoms with E-state index in [2.05, 4.69) is 17.2 Å². The molecule has 0 aromatic heterocycles. The molecule has 9 heteroatoms. The van der Waals surface area contributed by atoms with Crippen molar-refractivity contribution in [2.45, 2.75) is 66.1 Å². The van der Waals surface area contributed by atoms with E-state index in [-0.39, 0.29) is 29.1 Å². The number of Topliss-reactive ketones (excluding diaryl/α,β-unsaturated/α-hetero) is 1. The molecule has 2 aliphatic rings. The Hall–Kier alpha value is -3.72. The Bertz CT molecular complexity index is 1140. The minimum atomic E-state index is -0.908. The number of allylic oxidation sites excluding steroid dienone is 4. The van der Waals surface area contributed by atoms with Crippen molar-refractivity contribution in [2.75, 3.05) is 6.54 Å². The van der Waals surface area contributed by atoms with Crippen molar-refractivity contribution < 1.29 is 29.0 Å². The molecule has 5 N–H and O–H groups in total. The fraction of sp³-hybridized carbons (Fsp3) is 0.467. The molecular formula is C30H41N3O6. The minimum absolute atomic E-state index is 0.0800. The van der Waals surface area contributed by atoms with Crippen LogP contribution in [0.1, 0.15) is 53.9 Å². The number of carbonyl (C=O) groups excluding carboxylic acids is 4. The summed E-state index contributed by atoms with van der Waals surface area (Å²) in [6, 6.07) is 0. The van der Waals surface area contributed by atoms with E-state index < -0.39 is 35.8 Å². The number of amides is 2. The standard InChI is InChI=1S/C30H41N3O6/c1-7-14-32-25-22-13-9-10-17(2)26(35)20(5)15-21(6)28(39-30(31)38)18(3)11-8-12-19(4)29(37)33-23(27(22)36)16-24(25)34/h7-8,11-12,15-18,20,26,28,32,35H,1,9-10,13-14H2,2-6H3,(H2,31,38)(H,33,37). The number of aliphatic hydroxyl groups excluding tert-OH is 1. The van der Waals surface area contributed by atoms with E-state index in [1.54, 1.807) is 31.2 Å². The van der Waals surface area contributed by atoms with Crippen molar-refractivity contribution in [2.24, 2.45) is 23.5 Å². The number of primary amides is 1. The fourth-order valence-electron chi connectivity index (χ4n) is 4.80. The summed E-state index contributed by atoms with van der Waals surface area (Å²) in [7, 11) is 0. The zero-order chi connectivity index (χ0) is 29.3. The predicted octanol–water partition coefficient (Wildman–Crippen LogP) is 3.53. The van der Waals surface area contributed by atoms with Gasteiger partial charge in [-0.15, -0.1) is 6.58 Å². The highest BCUT2D eigenvalue weighted by Crippen LogP contribution is 2.27. The number of nitrogens with two attached hydrogens (primary N) is 1. The molecule has 2 amide bonds. The van der Waals surface area contributed by atoms with Gasteiger partial charge in [-0.2, -0.15) is 0 Å². The van der Waals surface area contributed by atoms with Gasteiger partial charge in [0.1, 0.15) is 6.10 Å². The third kappa shape index (κ3) is 8.64. The quantitative estimate of drug-likeness (QED) is 0.315. The Morgan fingerprint density at radius 3 is 2.56 bits per heavy atom. The molecule has 0 saturated carbocycles. The number of fused-ring (bicyclic) bond motifs is 2. The van der Waals surface area contributed by atoms with Crippen molar-refractivity contribution in [3.63, 3.8) is 0 Å². The van der Waals surface area contributed by atoms with Gasteiger partial charge in [0.05, 0.1) is 17.5 Å². The molecule has 39 heavy (non-hydrogen) atoms. The fourth-order valence-corrected chi connectivity index (χ4v) is 4.80.